The van der Waals surface area contributed by atoms with Gasteiger partial charge in [0.1, 0.15) is 5.82 Å². The van der Waals surface area contributed by atoms with Crippen LogP contribution in [-0.4, -0.2) is 43.5 Å². The van der Waals surface area contributed by atoms with Gasteiger partial charge in [0.2, 0.25) is 10.0 Å². The number of benzene rings is 1. The maximum absolute atomic E-state index is 13.7. The topological polar surface area (TPSA) is 66.5 Å². The highest BCUT2D eigenvalue weighted by Gasteiger charge is 2.41. The summed E-state index contributed by atoms with van der Waals surface area (Å²) in [5, 5.41) is 2.61. The van der Waals surface area contributed by atoms with Crippen LogP contribution in [0.1, 0.15) is 36.0 Å². The SMILES string of the molecule is O=C(NCC1CCN(S(=O)(=O)C2CC2)CC1)c1c(F)cccc1Cl. The van der Waals surface area contributed by atoms with Crippen molar-refractivity contribution in [3.05, 3.63) is 34.6 Å². The molecule has 1 amide bonds. The molecule has 1 aromatic rings. The fraction of sp³-hybridized carbons (Fsp3) is 0.562. The average Bonchev–Trinajstić information content (AvgIpc) is 3.38. The standard InChI is InChI=1S/C16H20ClFN2O3S/c17-13-2-1-3-14(18)15(13)16(21)19-10-11-6-8-20(9-7-11)24(22,23)12-4-5-12/h1-3,11-12H,4-10H2,(H,19,21). The molecule has 1 N–H and O–H groups in total. The minimum atomic E-state index is -3.12. The van der Waals surface area contributed by atoms with Crippen LogP contribution < -0.4 is 5.32 Å². The molecular weight excluding hydrogens is 355 g/mol. The van der Waals surface area contributed by atoms with Gasteiger partial charge in [-0.2, -0.15) is 0 Å². The fourth-order valence-corrected chi connectivity index (χ4v) is 5.11. The molecule has 0 spiro atoms. The van der Waals surface area contributed by atoms with Crippen LogP contribution >= 0.6 is 11.6 Å². The van der Waals surface area contributed by atoms with E-state index in [2.05, 4.69) is 5.32 Å². The van der Waals surface area contributed by atoms with Gasteiger partial charge in [-0.1, -0.05) is 17.7 Å². The highest BCUT2D eigenvalue weighted by Crippen LogP contribution is 2.33. The van der Waals surface area contributed by atoms with Crippen molar-refractivity contribution < 1.29 is 17.6 Å². The van der Waals surface area contributed by atoms with Gasteiger partial charge in [-0.25, -0.2) is 17.1 Å². The van der Waals surface area contributed by atoms with Gasteiger partial charge >= 0.3 is 0 Å². The van der Waals surface area contributed by atoms with E-state index in [1.54, 1.807) is 4.31 Å². The monoisotopic (exact) mass is 374 g/mol. The number of carbonyl (C=O) groups is 1. The van der Waals surface area contributed by atoms with Gasteiger partial charge in [0.05, 0.1) is 15.8 Å². The average molecular weight is 375 g/mol. The van der Waals surface area contributed by atoms with Crippen molar-refractivity contribution in [1.29, 1.82) is 0 Å². The van der Waals surface area contributed by atoms with E-state index in [9.17, 15) is 17.6 Å². The molecule has 3 rings (SSSR count). The fourth-order valence-electron chi connectivity index (χ4n) is 2.98. The lowest BCUT2D eigenvalue weighted by Crippen LogP contribution is -2.42. The van der Waals surface area contributed by atoms with Crippen LogP contribution in [0.5, 0.6) is 0 Å². The molecule has 1 aliphatic carbocycles. The van der Waals surface area contributed by atoms with E-state index < -0.39 is 21.7 Å². The molecule has 0 atom stereocenters. The lowest BCUT2D eigenvalue weighted by Gasteiger charge is -2.31. The predicted octanol–water partition coefficient (Wildman–Crippen LogP) is 2.41. The van der Waals surface area contributed by atoms with Crippen molar-refractivity contribution in [3.63, 3.8) is 0 Å². The van der Waals surface area contributed by atoms with Gasteiger partial charge in [0.15, 0.2) is 0 Å². The van der Waals surface area contributed by atoms with Gasteiger partial charge in [0.25, 0.3) is 5.91 Å². The first-order chi connectivity index (χ1) is 11.4. The second kappa shape index (κ2) is 6.98. The van der Waals surface area contributed by atoms with Crippen LogP contribution in [0.3, 0.4) is 0 Å². The smallest absolute Gasteiger partial charge is 0.255 e. The first-order valence-corrected chi connectivity index (χ1v) is 9.99. The third-order valence-electron chi connectivity index (χ3n) is 4.62. The Morgan fingerprint density at radius 1 is 1.25 bits per heavy atom. The Balaban J connectivity index is 1.51. The molecule has 1 saturated heterocycles. The summed E-state index contributed by atoms with van der Waals surface area (Å²) in [7, 11) is -3.12. The van der Waals surface area contributed by atoms with Crippen molar-refractivity contribution in [2.45, 2.75) is 30.9 Å². The van der Waals surface area contributed by atoms with E-state index in [0.29, 0.717) is 32.5 Å². The molecule has 2 fully saturated rings. The molecule has 1 aromatic carbocycles. The van der Waals surface area contributed by atoms with Crippen molar-refractivity contribution in [2.24, 2.45) is 5.92 Å². The number of piperidine rings is 1. The summed E-state index contributed by atoms with van der Waals surface area (Å²) in [5.41, 5.74) is -0.145. The summed E-state index contributed by atoms with van der Waals surface area (Å²) in [6.07, 6.45) is 2.91. The molecule has 1 heterocycles. The molecule has 0 unspecified atom stereocenters. The number of carbonyl (C=O) groups excluding carboxylic acids is 1. The number of nitrogens with one attached hydrogen (secondary N) is 1. The molecule has 0 bridgehead atoms. The van der Waals surface area contributed by atoms with Crippen LogP contribution in [0.2, 0.25) is 5.02 Å². The quantitative estimate of drug-likeness (QED) is 0.860. The van der Waals surface area contributed by atoms with Crippen molar-refractivity contribution in [1.82, 2.24) is 9.62 Å². The molecule has 1 aliphatic heterocycles. The highest BCUT2D eigenvalue weighted by atomic mass is 35.5. The summed E-state index contributed by atoms with van der Waals surface area (Å²) in [4.78, 5) is 12.1. The summed E-state index contributed by atoms with van der Waals surface area (Å²) >= 11 is 5.88. The molecule has 5 nitrogen and oxygen atoms in total. The summed E-state index contributed by atoms with van der Waals surface area (Å²) in [6.45, 7) is 1.36. The molecular formula is C16H20ClFN2O3S. The Morgan fingerprint density at radius 3 is 2.50 bits per heavy atom. The minimum Gasteiger partial charge on any atom is -0.352 e. The van der Waals surface area contributed by atoms with Gasteiger partial charge in [-0.15, -0.1) is 0 Å². The van der Waals surface area contributed by atoms with Crippen LogP contribution in [0, 0.1) is 11.7 Å². The normalized spacial score (nSPS) is 20.1. The zero-order valence-electron chi connectivity index (χ0n) is 13.2. The summed E-state index contributed by atoms with van der Waals surface area (Å²) in [5.74, 6) is -0.998. The number of amides is 1. The maximum atomic E-state index is 13.7. The second-order valence-electron chi connectivity index (χ2n) is 6.39. The third kappa shape index (κ3) is 3.73. The van der Waals surface area contributed by atoms with E-state index in [4.69, 9.17) is 11.6 Å². The van der Waals surface area contributed by atoms with Gasteiger partial charge in [-0.05, 0) is 43.7 Å². The number of halogens is 2. The van der Waals surface area contributed by atoms with E-state index in [0.717, 1.165) is 12.8 Å². The Hall–Kier alpha value is -1.18. The molecule has 8 heteroatoms. The molecule has 2 aliphatic rings. The Kier molecular flexibility index (Phi) is 5.13. The lowest BCUT2D eigenvalue weighted by atomic mass is 9.98. The number of rotatable bonds is 5. The zero-order chi connectivity index (χ0) is 17.3. The van der Waals surface area contributed by atoms with Gasteiger partial charge in [-0.3, -0.25) is 4.79 Å². The number of hydrogen-bond donors (Lipinski definition) is 1. The molecule has 1 saturated carbocycles. The van der Waals surface area contributed by atoms with E-state index in [1.807, 2.05) is 0 Å². The summed E-state index contributed by atoms with van der Waals surface area (Å²) in [6, 6.07) is 4.12. The van der Waals surface area contributed by atoms with Crippen LogP contribution in [-0.2, 0) is 10.0 Å². The number of hydrogen-bond acceptors (Lipinski definition) is 3. The Labute approximate surface area is 146 Å². The van der Waals surface area contributed by atoms with Gasteiger partial charge < -0.3 is 5.32 Å². The first-order valence-electron chi connectivity index (χ1n) is 8.10. The second-order valence-corrected chi connectivity index (χ2v) is 9.01. The number of nitrogens with zero attached hydrogens (tertiary/aromatic N) is 1. The Morgan fingerprint density at radius 2 is 1.92 bits per heavy atom. The van der Waals surface area contributed by atoms with Crippen molar-refractivity contribution in [2.75, 3.05) is 19.6 Å². The summed E-state index contributed by atoms with van der Waals surface area (Å²) < 4.78 is 39.6. The predicted molar refractivity (Wildman–Crippen MR) is 90.0 cm³/mol. The minimum absolute atomic E-state index is 0.0813. The number of sulfonamides is 1. The third-order valence-corrected chi connectivity index (χ3v) is 7.33. The van der Waals surface area contributed by atoms with Crippen LogP contribution in [0.25, 0.3) is 0 Å². The molecule has 0 radical (unpaired) electrons. The van der Waals surface area contributed by atoms with E-state index in [1.165, 1.54) is 18.2 Å². The van der Waals surface area contributed by atoms with Crippen molar-refractivity contribution >= 4 is 27.5 Å². The Bertz CT molecular complexity index is 709. The zero-order valence-corrected chi connectivity index (χ0v) is 14.7. The van der Waals surface area contributed by atoms with E-state index >= 15 is 0 Å². The molecule has 0 aromatic heterocycles. The highest BCUT2D eigenvalue weighted by molar-refractivity contribution is 7.90. The molecule has 24 heavy (non-hydrogen) atoms. The lowest BCUT2D eigenvalue weighted by molar-refractivity contribution is 0.0937. The largest absolute Gasteiger partial charge is 0.352 e. The van der Waals surface area contributed by atoms with E-state index in [-0.39, 0.29) is 21.8 Å². The van der Waals surface area contributed by atoms with Crippen molar-refractivity contribution in [3.8, 4) is 0 Å². The maximum Gasteiger partial charge on any atom is 0.255 e. The van der Waals surface area contributed by atoms with Crippen LogP contribution in [0.4, 0.5) is 4.39 Å². The first kappa shape index (κ1) is 17.6. The van der Waals surface area contributed by atoms with Gasteiger partial charge in [0, 0.05) is 19.6 Å². The van der Waals surface area contributed by atoms with Crippen LogP contribution in [0.15, 0.2) is 18.2 Å². The molecule has 132 valence electrons.